The van der Waals surface area contributed by atoms with E-state index in [-0.39, 0.29) is 6.04 Å². The standard InChI is InChI=1S/C12H16FNO/c1-2-15-11-6-4-3-5-10(11)12(13)7-9(14)8-12/h3-6,9H,2,7-8,14H2,1H3. The van der Waals surface area contributed by atoms with Gasteiger partial charge in [-0.1, -0.05) is 18.2 Å². The molecule has 1 aliphatic carbocycles. The summed E-state index contributed by atoms with van der Waals surface area (Å²) in [6.07, 6.45) is 0.800. The van der Waals surface area contributed by atoms with Crippen LogP contribution in [-0.2, 0) is 5.67 Å². The summed E-state index contributed by atoms with van der Waals surface area (Å²) in [7, 11) is 0. The zero-order valence-electron chi connectivity index (χ0n) is 8.87. The topological polar surface area (TPSA) is 35.2 Å². The van der Waals surface area contributed by atoms with Crippen molar-refractivity contribution < 1.29 is 9.13 Å². The summed E-state index contributed by atoms with van der Waals surface area (Å²) in [6.45, 7) is 2.45. The fraction of sp³-hybridized carbons (Fsp3) is 0.500. The van der Waals surface area contributed by atoms with Crippen LogP contribution < -0.4 is 10.5 Å². The summed E-state index contributed by atoms with van der Waals surface area (Å²) in [6, 6.07) is 7.28. The van der Waals surface area contributed by atoms with Crippen molar-refractivity contribution in [1.82, 2.24) is 0 Å². The Morgan fingerprint density at radius 3 is 2.73 bits per heavy atom. The molecule has 0 amide bonds. The fourth-order valence-electron chi connectivity index (χ4n) is 2.11. The molecule has 0 bridgehead atoms. The van der Waals surface area contributed by atoms with Gasteiger partial charge in [0.2, 0.25) is 0 Å². The fourth-order valence-corrected chi connectivity index (χ4v) is 2.11. The number of alkyl halides is 1. The van der Waals surface area contributed by atoms with E-state index in [0.717, 1.165) is 0 Å². The highest BCUT2D eigenvalue weighted by Gasteiger charge is 2.46. The van der Waals surface area contributed by atoms with E-state index in [0.29, 0.717) is 30.8 Å². The summed E-state index contributed by atoms with van der Waals surface area (Å²) in [4.78, 5) is 0. The largest absolute Gasteiger partial charge is 0.493 e. The van der Waals surface area contributed by atoms with Crippen LogP contribution in [0.1, 0.15) is 25.3 Å². The van der Waals surface area contributed by atoms with Gasteiger partial charge in [0.05, 0.1) is 6.61 Å². The molecule has 0 unspecified atom stereocenters. The van der Waals surface area contributed by atoms with Crippen molar-refractivity contribution in [1.29, 1.82) is 0 Å². The normalized spacial score (nSPS) is 29.7. The van der Waals surface area contributed by atoms with Gasteiger partial charge >= 0.3 is 0 Å². The molecule has 0 aromatic heterocycles. The predicted octanol–water partition coefficient (Wildman–Crippen LogP) is 2.37. The molecule has 2 N–H and O–H groups in total. The average Bonchev–Trinajstić information content (AvgIpc) is 2.17. The van der Waals surface area contributed by atoms with Crippen molar-refractivity contribution in [2.75, 3.05) is 6.61 Å². The second-order valence-electron chi connectivity index (χ2n) is 4.06. The lowest BCUT2D eigenvalue weighted by Gasteiger charge is -2.40. The first kappa shape index (κ1) is 10.4. The van der Waals surface area contributed by atoms with Gasteiger partial charge in [0, 0.05) is 24.4 Å². The Bertz CT molecular complexity index is 347. The van der Waals surface area contributed by atoms with E-state index in [4.69, 9.17) is 10.5 Å². The molecule has 1 aromatic carbocycles. The van der Waals surface area contributed by atoms with Gasteiger partial charge in [-0.2, -0.15) is 0 Å². The number of para-hydroxylation sites is 1. The number of ether oxygens (including phenoxy) is 1. The molecule has 2 rings (SSSR count). The minimum atomic E-state index is -1.27. The molecule has 2 nitrogen and oxygen atoms in total. The molecule has 0 radical (unpaired) electrons. The number of rotatable bonds is 3. The summed E-state index contributed by atoms with van der Waals surface area (Å²) in [5.74, 6) is 0.648. The second-order valence-corrected chi connectivity index (χ2v) is 4.06. The van der Waals surface area contributed by atoms with Crippen molar-refractivity contribution in [3.8, 4) is 5.75 Å². The number of halogens is 1. The summed E-state index contributed by atoms with van der Waals surface area (Å²) < 4.78 is 19.7. The van der Waals surface area contributed by atoms with Crippen LogP contribution in [-0.4, -0.2) is 12.6 Å². The summed E-state index contributed by atoms with van der Waals surface area (Å²) >= 11 is 0. The Balaban J connectivity index is 2.27. The van der Waals surface area contributed by atoms with Crippen molar-refractivity contribution >= 4 is 0 Å². The SMILES string of the molecule is CCOc1ccccc1C1(F)CC(N)C1. The van der Waals surface area contributed by atoms with E-state index >= 15 is 0 Å². The van der Waals surface area contributed by atoms with Gasteiger partial charge in [0.15, 0.2) is 0 Å². The molecule has 1 saturated carbocycles. The lowest BCUT2D eigenvalue weighted by Crippen LogP contribution is -2.46. The van der Waals surface area contributed by atoms with E-state index in [1.54, 1.807) is 6.07 Å². The maximum Gasteiger partial charge on any atom is 0.142 e. The first-order valence-electron chi connectivity index (χ1n) is 5.32. The molecule has 0 spiro atoms. The Hall–Kier alpha value is -1.09. The lowest BCUT2D eigenvalue weighted by molar-refractivity contribution is 0.0375. The molecule has 0 atom stereocenters. The van der Waals surface area contributed by atoms with E-state index in [9.17, 15) is 4.39 Å². The number of benzene rings is 1. The number of hydrogen-bond donors (Lipinski definition) is 1. The molecule has 1 fully saturated rings. The highest BCUT2D eigenvalue weighted by atomic mass is 19.1. The smallest absolute Gasteiger partial charge is 0.142 e. The molecular weight excluding hydrogens is 193 g/mol. The van der Waals surface area contributed by atoms with E-state index in [1.807, 2.05) is 25.1 Å². The van der Waals surface area contributed by atoms with Gasteiger partial charge in [-0.15, -0.1) is 0 Å². The highest BCUT2D eigenvalue weighted by Crippen LogP contribution is 2.47. The molecule has 3 heteroatoms. The van der Waals surface area contributed by atoms with Crippen LogP contribution in [0.15, 0.2) is 24.3 Å². The summed E-state index contributed by atoms with van der Waals surface area (Å²) in [5, 5.41) is 0. The minimum absolute atomic E-state index is 0.00955. The van der Waals surface area contributed by atoms with Crippen molar-refractivity contribution in [2.45, 2.75) is 31.5 Å². The van der Waals surface area contributed by atoms with Crippen LogP contribution in [0.5, 0.6) is 5.75 Å². The maximum atomic E-state index is 14.3. The molecule has 1 aromatic rings. The van der Waals surface area contributed by atoms with Crippen LogP contribution in [0.2, 0.25) is 0 Å². The molecule has 82 valence electrons. The average molecular weight is 209 g/mol. The minimum Gasteiger partial charge on any atom is -0.493 e. The summed E-state index contributed by atoms with van der Waals surface area (Å²) in [5.41, 5.74) is 5.01. The van der Waals surface area contributed by atoms with Gasteiger partial charge in [0.25, 0.3) is 0 Å². The quantitative estimate of drug-likeness (QED) is 0.829. The van der Waals surface area contributed by atoms with Gasteiger partial charge in [-0.25, -0.2) is 4.39 Å². The molecular formula is C12H16FNO. The van der Waals surface area contributed by atoms with Gasteiger partial charge in [-0.05, 0) is 13.0 Å². The van der Waals surface area contributed by atoms with Gasteiger partial charge < -0.3 is 10.5 Å². The van der Waals surface area contributed by atoms with Crippen LogP contribution >= 0.6 is 0 Å². The first-order valence-corrected chi connectivity index (χ1v) is 5.32. The second kappa shape index (κ2) is 3.81. The lowest BCUT2D eigenvalue weighted by atomic mass is 9.73. The molecule has 1 aliphatic rings. The Morgan fingerprint density at radius 1 is 1.47 bits per heavy atom. The van der Waals surface area contributed by atoms with Crippen LogP contribution in [0.4, 0.5) is 4.39 Å². The van der Waals surface area contributed by atoms with E-state index in [1.165, 1.54) is 0 Å². The number of hydrogen-bond acceptors (Lipinski definition) is 2. The van der Waals surface area contributed by atoms with Gasteiger partial charge in [0.1, 0.15) is 11.4 Å². The zero-order valence-corrected chi connectivity index (χ0v) is 8.87. The van der Waals surface area contributed by atoms with Crippen molar-refractivity contribution in [2.24, 2.45) is 5.73 Å². The molecule has 0 saturated heterocycles. The first-order chi connectivity index (χ1) is 7.15. The van der Waals surface area contributed by atoms with Crippen molar-refractivity contribution in [3.63, 3.8) is 0 Å². The van der Waals surface area contributed by atoms with E-state index < -0.39 is 5.67 Å². The van der Waals surface area contributed by atoms with E-state index in [2.05, 4.69) is 0 Å². The Kier molecular flexibility index (Phi) is 2.65. The molecule has 0 heterocycles. The third kappa shape index (κ3) is 1.84. The van der Waals surface area contributed by atoms with Crippen LogP contribution in [0.3, 0.4) is 0 Å². The Labute approximate surface area is 89.2 Å². The third-order valence-corrected chi connectivity index (χ3v) is 2.84. The highest BCUT2D eigenvalue weighted by molar-refractivity contribution is 5.40. The number of nitrogens with two attached hydrogens (primary N) is 1. The third-order valence-electron chi connectivity index (χ3n) is 2.84. The molecule has 0 aliphatic heterocycles. The van der Waals surface area contributed by atoms with Gasteiger partial charge in [-0.3, -0.25) is 0 Å². The molecule has 15 heavy (non-hydrogen) atoms. The van der Waals surface area contributed by atoms with Crippen molar-refractivity contribution in [3.05, 3.63) is 29.8 Å². The predicted molar refractivity (Wildman–Crippen MR) is 57.6 cm³/mol. The Morgan fingerprint density at radius 2 is 2.13 bits per heavy atom. The van der Waals surface area contributed by atoms with Crippen LogP contribution in [0.25, 0.3) is 0 Å². The zero-order chi connectivity index (χ0) is 10.9. The monoisotopic (exact) mass is 209 g/mol. The maximum absolute atomic E-state index is 14.3. The van der Waals surface area contributed by atoms with Crippen LogP contribution in [0, 0.1) is 0 Å².